The van der Waals surface area contributed by atoms with Gasteiger partial charge in [-0.3, -0.25) is 14.5 Å². The zero-order valence-electron chi connectivity index (χ0n) is 25.9. The van der Waals surface area contributed by atoms with Crippen LogP contribution in [0.3, 0.4) is 0 Å². The van der Waals surface area contributed by atoms with Gasteiger partial charge in [-0.2, -0.15) is 0 Å². The molecule has 2 saturated heterocycles. The van der Waals surface area contributed by atoms with Crippen LogP contribution in [0.25, 0.3) is 0 Å². The number of carbonyl (C=O) groups excluding carboxylic acids is 1. The Morgan fingerprint density at radius 1 is 1.09 bits per heavy atom. The van der Waals surface area contributed by atoms with Crippen molar-refractivity contribution in [2.45, 2.75) is 68.7 Å². The minimum Gasteiger partial charge on any atom is -0.481 e. The number of rotatable bonds is 13. The minimum absolute atomic E-state index is 0.111. The molecule has 1 aliphatic carbocycles. The SMILES string of the molecule is CC[C@@H](CN(C)S(=O)(=O)C1CC1)N1C(=O)[C@](CCN2CCOCC2)(CC(=O)O)C[C@H](c2cccc(Cl)c2)[C@H]1c1ccc(Cl)cc1. The molecule has 3 aliphatic rings. The van der Waals surface area contributed by atoms with Crippen molar-refractivity contribution in [3.63, 3.8) is 0 Å². The molecule has 9 nitrogen and oxygen atoms in total. The normalized spacial score (nSPS) is 25.4. The maximum absolute atomic E-state index is 15.1. The first-order valence-corrected chi connectivity index (χ1v) is 18.0. The topological polar surface area (TPSA) is 107 Å². The Labute approximate surface area is 276 Å². The van der Waals surface area contributed by atoms with Crippen LogP contribution in [-0.4, -0.2) is 97.2 Å². The van der Waals surface area contributed by atoms with Crippen molar-refractivity contribution < 1.29 is 27.9 Å². The number of hydrogen-bond donors (Lipinski definition) is 1. The molecule has 5 rings (SSSR count). The van der Waals surface area contributed by atoms with Crippen LogP contribution in [-0.2, 0) is 24.3 Å². The highest BCUT2D eigenvalue weighted by Gasteiger charge is 2.55. The summed E-state index contributed by atoms with van der Waals surface area (Å²) in [4.78, 5) is 31.7. The van der Waals surface area contributed by atoms with E-state index in [2.05, 4.69) is 4.90 Å². The molecule has 1 amide bonds. The molecular formula is C33H43Cl2N3O6S. The Kier molecular flexibility index (Phi) is 10.8. The number of piperidine rings is 1. The highest BCUT2D eigenvalue weighted by Crippen LogP contribution is 2.54. The van der Waals surface area contributed by atoms with Gasteiger partial charge >= 0.3 is 5.97 Å². The van der Waals surface area contributed by atoms with Crippen LogP contribution in [0.1, 0.15) is 68.5 Å². The Balaban J connectivity index is 1.64. The number of likely N-dealkylation sites (tertiary alicyclic amines) is 1. The summed E-state index contributed by atoms with van der Waals surface area (Å²) in [7, 11) is -1.93. The van der Waals surface area contributed by atoms with Gasteiger partial charge in [-0.05, 0) is 74.0 Å². The third-order valence-electron chi connectivity index (χ3n) is 9.68. The standard InChI is InChI=1S/C33H43Cl2N3O6S/c1-3-27(22-36(2)45(42,43)28-11-12-28)38-31(23-7-9-25(34)10-8-23)29(24-5-4-6-26(35)19-24)20-33(32(38)41,21-30(39)40)13-14-37-15-17-44-18-16-37/h4-10,19,27-29,31H,3,11-18,20-22H2,1-2H3,(H,39,40)/t27-,29+,31+,33-/m0/s1. The quantitative estimate of drug-likeness (QED) is 0.301. The first-order valence-electron chi connectivity index (χ1n) is 15.8. The second-order valence-corrected chi connectivity index (χ2v) is 15.9. The van der Waals surface area contributed by atoms with Gasteiger partial charge in [0.15, 0.2) is 0 Å². The van der Waals surface area contributed by atoms with E-state index in [1.807, 2.05) is 42.2 Å². The molecule has 4 atom stereocenters. The van der Waals surface area contributed by atoms with E-state index in [4.69, 9.17) is 27.9 Å². The molecule has 1 N–H and O–H groups in total. The molecule has 2 aliphatic heterocycles. The molecule has 1 saturated carbocycles. The van der Waals surface area contributed by atoms with Gasteiger partial charge < -0.3 is 14.7 Å². The predicted octanol–water partition coefficient (Wildman–Crippen LogP) is 5.44. The lowest BCUT2D eigenvalue weighted by molar-refractivity contribution is -0.163. The summed E-state index contributed by atoms with van der Waals surface area (Å²) in [6.45, 7) is 5.23. The molecule has 0 spiro atoms. The molecular weight excluding hydrogens is 637 g/mol. The van der Waals surface area contributed by atoms with E-state index in [9.17, 15) is 18.3 Å². The lowest BCUT2D eigenvalue weighted by Crippen LogP contribution is -2.59. The predicted molar refractivity (Wildman–Crippen MR) is 175 cm³/mol. The summed E-state index contributed by atoms with van der Waals surface area (Å²) < 4.78 is 33.5. The molecule has 0 unspecified atom stereocenters. The fourth-order valence-electron chi connectivity index (χ4n) is 7.06. The van der Waals surface area contributed by atoms with E-state index < -0.39 is 33.5 Å². The monoisotopic (exact) mass is 679 g/mol. The first-order chi connectivity index (χ1) is 21.4. The van der Waals surface area contributed by atoms with Crippen LogP contribution in [0.2, 0.25) is 10.0 Å². The zero-order valence-corrected chi connectivity index (χ0v) is 28.2. The van der Waals surface area contributed by atoms with Gasteiger partial charge in [-0.25, -0.2) is 12.7 Å². The number of amides is 1. The number of sulfonamides is 1. The number of halogens is 2. The van der Waals surface area contributed by atoms with Gasteiger partial charge in [-0.15, -0.1) is 0 Å². The number of morpholine rings is 1. The summed E-state index contributed by atoms with van der Waals surface area (Å²) in [5.74, 6) is -1.60. The van der Waals surface area contributed by atoms with Crippen molar-refractivity contribution in [3.8, 4) is 0 Å². The van der Waals surface area contributed by atoms with Gasteiger partial charge in [0.05, 0.1) is 36.3 Å². The molecule has 0 bridgehead atoms. The number of hydrogen-bond acceptors (Lipinski definition) is 6. The van der Waals surface area contributed by atoms with Gasteiger partial charge in [0, 0.05) is 48.7 Å². The molecule has 3 fully saturated rings. The first kappa shape index (κ1) is 34.1. The van der Waals surface area contributed by atoms with E-state index >= 15 is 4.79 Å². The van der Waals surface area contributed by atoms with Crippen molar-refractivity contribution in [3.05, 3.63) is 69.7 Å². The van der Waals surface area contributed by atoms with Crippen LogP contribution in [0.4, 0.5) is 0 Å². The van der Waals surface area contributed by atoms with Gasteiger partial charge in [0.1, 0.15) is 0 Å². The Morgan fingerprint density at radius 3 is 2.38 bits per heavy atom. The minimum atomic E-state index is -3.51. The lowest BCUT2D eigenvalue weighted by Gasteiger charge is -2.53. The van der Waals surface area contributed by atoms with E-state index in [1.165, 1.54) is 4.31 Å². The number of ether oxygens (including phenoxy) is 1. The number of carbonyl (C=O) groups is 2. The number of carboxylic acid groups (broad SMARTS) is 1. The molecule has 2 aromatic rings. The summed E-state index contributed by atoms with van der Waals surface area (Å²) in [5.41, 5.74) is 0.525. The smallest absolute Gasteiger partial charge is 0.304 e. The Bertz CT molecular complexity index is 1470. The van der Waals surface area contributed by atoms with E-state index in [-0.39, 0.29) is 30.0 Å². The summed E-state index contributed by atoms with van der Waals surface area (Å²) >= 11 is 12.8. The summed E-state index contributed by atoms with van der Waals surface area (Å²) in [5, 5.41) is 11.0. The molecule has 246 valence electrons. The molecule has 2 aromatic carbocycles. The van der Waals surface area contributed by atoms with Gasteiger partial charge in [0.2, 0.25) is 15.9 Å². The van der Waals surface area contributed by atoms with Crippen molar-refractivity contribution in [2.24, 2.45) is 5.41 Å². The van der Waals surface area contributed by atoms with Crippen LogP contribution in [0, 0.1) is 5.41 Å². The number of benzene rings is 2. The molecule has 0 radical (unpaired) electrons. The van der Waals surface area contributed by atoms with Crippen LogP contribution < -0.4 is 0 Å². The van der Waals surface area contributed by atoms with Crippen molar-refractivity contribution in [1.29, 1.82) is 0 Å². The average molecular weight is 681 g/mol. The summed E-state index contributed by atoms with van der Waals surface area (Å²) in [6, 6.07) is 13.9. The third-order valence-corrected chi connectivity index (χ3v) is 12.5. The summed E-state index contributed by atoms with van der Waals surface area (Å²) in [6.07, 6.45) is 2.09. The fraction of sp³-hybridized carbons (Fsp3) is 0.576. The molecule has 2 heterocycles. The number of likely N-dealkylation sites (N-methyl/N-ethyl adjacent to an activating group) is 1. The fourth-order valence-corrected chi connectivity index (χ4v) is 9.01. The molecule has 45 heavy (non-hydrogen) atoms. The zero-order chi connectivity index (χ0) is 32.4. The van der Waals surface area contributed by atoms with E-state index in [0.717, 1.165) is 11.1 Å². The molecule has 0 aromatic heterocycles. The maximum atomic E-state index is 15.1. The number of carboxylic acids is 1. The van der Waals surface area contributed by atoms with Crippen LogP contribution >= 0.6 is 23.2 Å². The Hall–Kier alpha value is -2.21. The largest absolute Gasteiger partial charge is 0.481 e. The number of nitrogens with zero attached hydrogens (tertiary/aromatic N) is 3. The van der Waals surface area contributed by atoms with Gasteiger partial charge in [0.25, 0.3) is 0 Å². The van der Waals surface area contributed by atoms with Crippen molar-refractivity contribution in [2.75, 3.05) is 46.4 Å². The average Bonchev–Trinajstić information content (AvgIpc) is 3.87. The van der Waals surface area contributed by atoms with Crippen LogP contribution in [0.5, 0.6) is 0 Å². The lowest BCUT2D eigenvalue weighted by atomic mass is 9.64. The second kappa shape index (κ2) is 14.3. The highest BCUT2D eigenvalue weighted by atomic mass is 35.5. The van der Waals surface area contributed by atoms with E-state index in [0.29, 0.717) is 75.0 Å². The van der Waals surface area contributed by atoms with Crippen molar-refractivity contribution >= 4 is 45.1 Å². The maximum Gasteiger partial charge on any atom is 0.304 e. The van der Waals surface area contributed by atoms with Gasteiger partial charge in [-0.1, -0.05) is 54.4 Å². The van der Waals surface area contributed by atoms with Crippen molar-refractivity contribution in [1.82, 2.24) is 14.1 Å². The second-order valence-electron chi connectivity index (χ2n) is 12.7. The number of aliphatic carboxylic acids is 1. The van der Waals surface area contributed by atoms with Crippen LogP contribution in [0.15, 0.2) is 48.5 Å². The highest BCUT2D eigenvalue weighted by molar-refractivity contribution is 7.90. The Morgan fingerprint density at radius 2 is 1.78 bits per heavy atom. The van der Waals surface area contributed by atoms with E-state index in [1.54, 1.807) is 25.2 Å². The third kappa shape index (κ3) is 7.68. The molecule has 12 heteroatoms.